The van der Waals surface area contributed by atoms with Crippen molar-refractivity contribution in [3.8, 4) is 0 Å². The maximum atomic E-state index is 12.3. The van der Waals surface area contributed by atoms with Crippen molar-refractivity contribution in [3.05, 3.63) is 48.0 Å². The first-order chi connectivity index (χ1) is 11.8. The zero-order valence-electron chi connectivity index (χ0n) is 14.8. The summed E-state index contributed by atoms with van der Waals surface area (Å²) in [4.78, 5) is 28.3. The van der Waals surface area contributed by atoms with Gasteiger partial charge in [0, 0.05) is 29.6 Å². The van der Waals surface area contributed by atoms with Crippen molar-refractivity contribution in [2.45, 2.75) is 38.7 Å². The highest BCUT2D eigenvalue weighted by molar-refractivity contribution is 5.81. The van der Waals surface area contributed by atoms with Crippen molar-refractivity contribution in [1.82, 2.24) is 4.90 Å². The van der Waals surface area contributed by atoms with Gasteiger partial charge in [-0.05, 0) is 38.7 Å². The van der Waals surface area contributed by atoms with E-state index >= 15 is 0 Å². The van der Waals surface area contributed by atoms with Gasteiger partial charge in [0.1, 0.15) is 5.60 Å². The van der Waals surface area contributed by atoms with Crippen molar-refractivity contribution < 1.29 is 23.8 Å². The largest absolute Gasteiger partial charge is 0.444 e. The van der Waals surface area contributed by atoms with Crippen LogP contribution in [0.4, 0.5) is 9.32 Å². The van der Waals surface area contributed by atoms with E-state index in [1.165, 1.54) is 0 Å². The quantitative estimate of drug-likeness (QED) is 0.774. The van der Waals surface area contributed by atoms with Crippen molar-refractivity contribution >= 4 is 12.1 Å². The van der Waals surface area contributed by atoms with E-state index in [4.69, 9.17) is 4.74 Å². The summed E-state index contributed by atoms with van der Waals surface area (Å²) in [6.07, 6.45) is 3.02. The Morgan fingerprint density at radius 2 is 1.92 bits per heavy atom. The molecule has 1 aromatic carbocycles. The highest BCUT2D eigenvalue weighted by atomic mass is 19.3. The second-order valence-electron chi connectivity index (χ2n) is 7.15. The summed E-state index contributed by atoms with van der Waals surface area (Å²) in [7, 11) is 0. The highest BCUT2D eigenvalue weighted by Crippen LogP contribution is 2.34. The Morgan fingerprint density at radius 3 is 2.52 bits per heavy atom. The van der Waals surface area contributed by atoms with Gasteiger partial charge in [0.15, 0.2) is 0 Å². The summed E-state index contributed by atoms with van der Waals surface area (Å²) in [5.74, 6) is -1.06. The molecule has 1 amide bonds. The number of hydrogen-bond donors (Lipinski definition) is 0. The van der Waals surface area contributed by atoms with E-state index in [1.807, 2.05) is 51.1 Å². The summed E-state index contributed by atoms with van der Waals surface area (Å²) < 4.78 is 17.4. The normalized spacial score (nSPS) is 21.2. The molecule has 1 aliphatic heterocycles. The van der Waals surface area contributed by atoms with Gasteiger partial charge in [0.25, 0.3) is 0 Å². The Bertz CT molecular complexity index is 624. The standard InChI is InChI=1S/C19H24FNO4/c1-19(2,3)24-18(23)21-12-11-16(14-7-5-4-6-8-14)15(13-21)9-10-17(22)25-20/h4-10,15-16H,11-13H2,1-3H3/b10-9+. The van der Waals surface area contributed by atoms with Gasteiger partial charge in [-0.2, -0.15) is 0 Å². The van der Waals surface area contributed by atoms with Crippen LogP contribution in [0.3, 0.4) is 0 Å². The first kappa shape index (κ1) is 19.0. The maximum absolute atomic E-state index is 12.3. The lowest BCUT2D eigenvalue weighted by molar-refractivity contribution is -0.176. The number of rotatable bonds is 3. The number of benzene rings is 1. The molecule has 0 aliphatic carbocycles. The molecule has 2 atom stereocenters. The minimum Gasteiger partial charge on any atom is -0.444 e. The molecule has 2 unspecified atom stereocenters. The Morgan fingerprint density at radius 1 is 1.24 bits per heavy atom. The fourth-order valence-corrected chi connectivity index (χ4v) is 3.01. The van der Waals surface area contributed by atoms with Crippen molar-refractivity contribution in [3.63, 3.8) is 0 Å². The minimum absolute atomic E-state index is 0.128. The van der Waals surface area contributed by atoms with Gasteiger partial charge in [-0.15, -0.1) is 0 Å². The van der Waals surface area contributed by atoms with Crippen LogP contribution in [-0.2, 0) is 14.5 Å². The van der Waals surface area contributed by atoms with Crippen LogP contribution in [0, 0.1) is 5.92 Å². The molecule has 1 aromatic rings. The van der Waals surface area contributed by atoms with Crippen LogP contribution in [0.15, 0.2) is 42.5 Å². The van der Waals surface area contributed by atoms with Crippen LogP contribution in [0.1, 0.15) is 38.7 Å². The van der Waals surface area contributed by atoms with Crippen LogP contribution >= 0.6 is 0 Å². The third kappa shape index (κ3) is 5.59. The van der Waals surface area contributed by atoms with Gasteiger partial charge < -0.3 is 9.64 Å². The highest BCUT2D eigenvalue weighted by Gasteiger charge is 2.33. The topological polar surface area (TPSA) is 55.8 Å². The van der Waals surface area contributed by atoms with Crippen LogP contribution in [0.5, 0.6) is 0 Å². The number of halogens is 1. The number of nitrogens with zero attached hydrogens (tertiary/aromatic N) is 1. The average molecular weight is 349 g/mol. The van der Waals surface area contributed by atoms with Crippen molar-refractivity contribution in [2.24, 2.45) is 5.92 Å². The van der Waals surface area contributed by atoms with Gasteiger partial charge in [0.2, 0.25) is 0 Å². The molecular weight excluding hydrogens is 325 g/mol. The Labute approximate surface area is 147 Å². The van der Waals surface area contributed by atoms with E-state index in [0.717, 1.165) is 18.1 Å². The monoisotopic (exact) mass is 349 g/mol. The molecule has 0 bridgehead atoms. The van der Waals surface area contributed by atoms with Crippen LogP contribution in [0.2, 0.25) is 0 Å². The third-order valence-corrected chi connectivity index (χ3v) is 4.09. The molecule has 0 N–H and O–H groups in total. The summed E-state index contributed by atoms with van der Waals surface area (Å²) in [5.41, 5.74) is 0.547. The van der Waals surface area contributed by atoms with E-state index in [-0.39, 0.29) is 17.9 Å². The number of likely N-dealkylation sites (tertiary alicyclic amines) is 1. The van der Waals surface area contributed by atoms with E-state index < -0.39 is 11.6 Å². The number of hydrogen-bond acceptors (Lipinski definition) is 4. The van der Waals surface area contributed by atoms with E-state index in [1.54, 1.807) is 11.0 Å². The predicted molar refractivity (Wildman–Crippen MR) is 91.4 cm³/mol. The van der Waals surface area contributed by atoms with E-state index in [2.05, 4.69) is 4.94 Å². The summed E-state index contributed by atoms with van der Waals surface area (Å²) in [6, 6.07) is 9.87. The lowest BCUT2D eigenvalue weighted by Gasteiger charge is -2.38. The zero-order chi connectivity index (χ0) is 18.4. The molecule has 0 saturated carbocycles. The Kier molecular flexibility index (Phi) is 6.17. The summed E-state index contributed by atoms with van der Waals surface area (Å²) in [6.45, 7) is 6.40. The SMILES string of the molecule is CC(C)(C)OC(=O)N1CCC(c2ccccc2)C(/C=C/C(=O)OF)C1. The van der Waals surface area contributed by atoms with Crippen LogP contribution < -0.4 is 0 Å². The zero-order valence-corrected chi connectivity index (χ0v) is 14.8. The lowest BCUT2D eigenvalue weighted by atomic mass is 9.80. The molecule has 0 aromatic heterocycles. The number of carbonyl (C=O) groups is 2. The molecule has 1 heterocycles. The number of carbonyl (C=O) groups excluding carboxylic acids is 2. The molecule has 1 aliphatic rings. The molecule has 0 spiro atoms. The Balaban J connectivity index is 2.16. The molecule has 6 heteroatoms. The van der Waals surface area contributed by atoms with Crippen molar-refractivity contribution in [1.29, 1.82) is 0 Å². The smallest absolute Gasteiger partial charge is 0.410 e. The van der Waals surface area contributed by atoms with Gasteiger partial charge >= 0.3 is 12.1 Å². The average Bonchev–Trinajstić information content (AvgIpc) is 2.58. The predicted octanol–water partition coefficient (Wildman–Crippen LogP) is 4.01. The van der Waals surface area contributed by atoms with Gasteiger partial charge in [-0.3, -0.25) is 4.94 Å². The second-order valence-corrected chi connectivity index (χ2v) is 7.15. The number of ether oxygens (including phenoxy) is 1. The van der Waals surface area contributed by atoms with Gasteiger partial charge in [-0.25, -0.2) is 9.59 Å². The number of amides is 1. The molecule has 25 heavy (non-hydrogen) atoms. The van der Waals surface area contributed by atoms with Crippen LogP contribution in [-0.4, -0.2) is 35.7 Å². The lowest BCUT2D eigenvalue weighted by Crippen LogP contribution is -2.44. The molecule has 2 rings (SSSR count). The molecule has 5 nitrogen and oxygen atoms in total. The maximum Gasteiger partial charge on any atom is 0.410 e. The number of piperidine rings is 1. The van der Waals surface area contributed by atoms with Crippen molar-refractivity contribution in [2.75, 3.05) is 13.1 Å². The van der Waals surface area contributed by atoms with E-state index in [0.29, 0.717) is 13.1 Å². The fourth-order valence-electron chi connectivity index (χ4n) is 3.01. The van der Waals surface area contributed by atoms with Gasteiger partial charge in [0.05, 0.1) is 0 Å². The third-order valence-electron chi connectivity index (χ3n) is 4.09. The second kappa shape index (κ2) is 8.14. The van der Waals surface area contributed by atoms with Gasteiger partial charge in [-0.1, -0.05) is 36.4 Å². The molecule has 0 radical (unpaired) electrons. The molecule has 1 saturated heterocycles. The first-order valence-corrected chi connectivity index (χ1v) is 8.34. The minimum atomic E-state index is -1.05. The fraction of sp³-hybridized carbons (Fsp3) is 0.474. The van der Waals surface area contributed by atoms with E-state index in [9.17, 15) is 14.1 Å². The van der Waals surface area contributed by atoms with Crippen LogP contribution in [0.25, 0.3) is 0 Å². The first-order valence-electron chi connectivity index (χ1n) is 8.34. The summed E-state index contributed by atoms with van der Waals surface area (Å²) >= 11 is 0. The molecule has 136 valence electrons. The molecular formula is C19H24FNO4. The Hall–Kier alpha value is -2.37. The summed E-state index contributed by atoms with van der Waals surface area (Å²) in [5, 5.41) is 0. The molecule has 1 fully saturated rings.